The van der Waals surface area contributed by atoms with E-state index in [9.17, 15) is 22.8 Å². The summed E-state index contributed by atoms with van der Waals surface area (Å²) in [6.07, 6.45) is -3.40. The molecule has 176 valence electrons. The molecule has 0 spiro atoms. The number of hydrogen-bond donors (Lipinski definition) is 3. The minimum atomic E-state index is -5.08. The minimum absolute atomic E-state index is 0.145. The van der Waals surface area contributed by atoms with Crippen LogP contribution in [0.25, 0.3) is 5.69 Å². The lowest BCUT2D eigenvalue weighted by molar-refractivity contribution is -0.192. The second-order valence-electron chi connectivity index (χ2n) is 5.88. The fourth-order valence-corrected chi connectivity index (χ4v) is 4.12. The van der Waals surface area contributed by atoms with Crippen molar-refractivity contribution in [2.24, 2.45) is 0 Å². The van der Waals surface area contributed by atoms with E-state index in [1.165, 1.54) is 10.8 Å². The normalized spacial score (nSPS) is 10.8. The summed E-state index contributed by atoms with van der Waals surface area (Å²) in [4.78, 5) is 31.6. The third-order valence-electron chi connectivity index (χ3n) is 3.50. The molecule has 0 aliphatic rings. The molecule has 0 saturated heterocycles. The third-order valence-corrected chi connectivity index (χ3v) is 6.15. The van der Waals surface area contributed by atoms with Gasteiger partial charge in [0, 0.05) is 23.1 Å². The van der Waals surface area contributed by atoms with Crippen molar-refractivity contribution in [3.63, 3.8) is 0 Å². The average molecular weight is 514 g/mol. The van der Waals surface area contributed by atoms with Gasteiger partial charge in [0.2, 0.25) is 0 Å². The monoisotopic (exact) mass is 513 g/mol. The van der Waals surface area contributed by atoms with Crippen molar-refractivity contribution in [2.75, 3.05) is 18.1 Å². The van der Waals surface area contributed by atoms with Crippen molar-refractivity contribution in [2.45, 2.75) is 19.5 Å². The molecule has 32 heavy (non-hydrogen) atoms. The van der Waals surface area contributed by atoms with Gasteiger partial charge in [-0.3, -0.25) is 9.59 Å². The number of aromatic nitrogens is 2. The SMILES string of the molecule is Cc1c(C(=O)NCCSSCCC(=O)O)cnn1-c1cccc(Cl)c1.O=C(O)C(F)(F)F. The molecule has 1 heterocycles. The lowest BCUT2D eigenvalue weighted by Crippen LogP contribution is -2.26. The number of carbonyl (C=O) groups is 3. The molecule has 0 bridgehead atoms. The van der Waals surface area contributed by atoms with Gasteiger partial charge in [-0.25, -0.2) is 9.48 Å². The predicted molar refractivity (Wildman–Crippen MR) is 117 cm³/mol. The molecule has 0 unspecified atom stereocenters. The van der Waals surface area contributed by atoms with Crippen LogP contribution in [0.3, 0.4) is 0 Å². The Kier molecular flexibility index (Phi) is 11.4. The van der Waals surface area contributed by atoms with Gasteiger partial charge in [-0.15, -0.1) is 0 Å². The first-order valence-corrected chi connectivity index (χ1v) is 11.6. The molecule has 0 atom stereocenters. The van der Waals surface area contributed by atoms with Crippen LogP contribution in [0, 0.1) is 6.92 Å². The van der Waals surface area contributed by atoms with Crippen LogP contribution >= 0.6 is 33.2 Å². The molecule has 0 aliphatic carbocycles. The molecule has 8 nitrogen and oxygen atoms in total. The Morgan fingerprint density at radius 2 is 1.81 bits per heavy atom. The number of halogens is 4. The number of carboxylic acid groups (broad SMARTS) is 2. The first-order chi connectivity index (χ1) is 14.9. The van der Waals surface area contributed by atoms with Gasteiger partial charge in [-0.1, -0.05) is 39.3 Å². The van der Waals surface area contributed by atoms with Crippen molar-refractivity contribution in [1.82, 2.24) is 15.1 Å². The van der Waals surface area contributed by atoms with Crippen LogP contribution < -0.4 is 5.32 Å². The number of carboxylic acids is 2. The van der Waals surface area contributed by atoms with Crippen molar-refractivity contribution in [3.8, 4) is 5.69 Å². The topological polar surface area (TPSA) is 122 Å². The Morgan fingerprint density at radius 1 is 1.19 bits per heavy atom. The lowest BCUT2D eigenvalue weighted by atomic mass is 10.2. The zero-order valence-electron chi connectivity index (χ0n) is 16.6. The maximum absolute atomic E-state index is 12.3. The summed E-state index contributed by atoms with van der Waals surface area (Å²) in [5.74, 6) is -2.47. The molecule has 1 aromatic heterocycles. The Balaban J connectivity index is 0.000000633. The molecule has 3 N–H and O–H groups in total. The fraction of sp³-hybridized carbons (Fsp3) is 0.333. The van der Waals surface area contributed by atoms with Gasteiger partial charge in [0.05, 0.1) is 29.6 Å². The van der Waals surface area contributed by atoms with Gasteiger partial charge in [0.25, 0.3) is 5.91 Å². The zero-order chi connectivity index (χ0) is 24.3. The van der Waals surface area contributed by atoms with Crippen LogP contribution in [0.15, 0.2) is 30.5 Å². The van der Waals surface area contributed by atoms with Crippen LogP contribution in [-0.2, 0) is 9.59 Å². The highest BCUT2D eigenvalue weighted by atomic mass is 35.5. The minimum Gasteiger partial charge on any atom is -0.481 e. The highest BCUT2D eigenvalue weighted by Crippen LogP contribution is 2.21. The Bertz CT molecular complexity index is 941. The van der Waals surface area contributed by atoms with Crippen molar-refractivity contribution in [1.29, 1.82) is 0 Å². The second kappa shape index (κ2) is 13.2. The quantitative estimate of drug-likeness (QED) is 0.339. The van der Waals surface area contributed by atoms with Crippen molar-refractivity contribution in [3.05, 3.63) is 46.7 Å². The van der Waals surface area contributed by atoms with Gasteiger partial charge in [0.1, 0.15) is 0 Å². The van der Waals surface area contributed by atoms with Crippen LogP contribution in [-0.4, -0.2) is 62.1 Å². The molecular weight excluding hydrogens is 495 g/mol. The van der Waals surface area contributed by atoms with Gasteiger partial charge in [0.15, 0.2) is 0 Å². The number of nitrogens with zero attached hydrogens (tertiary/aromatic N) is 2. The fourth-order valence-electron chi connectivity index (χ4n) is 2.05. The van der Waals surface area contributed by atoms with Gasteiger partial charge in [-0.05, 0) is 25.1 Å². The highest BCUT2D eigenvalue weighted by Gasteiger charge is 2.38. The average Bonchev–Trinajstić information content (AvgIpc) is 3.08. The first kappa shape index (κ1) is 27.7. The summed E-state index contributed by atoms with van der Waals surface area (Å²) < 4.78 is 33.4. The van der Waals surface area contributed by atoms with Gasteiger partial charge in [-0.2, -0.15) is 18.3 Å². The molecule has 14 heteroatoms. The van der Waals surface area contributed by atoms with E-state index in [0.717, 1.165) is 11.4 Å². The van der Waals surface area contributed by atoms with Gasteiger partial charge < -0.3 is 15.5 Å². The van der Waals surface area contributed by atoms with E-state index in [-0.39, 0.29) is 12.3 Å². The van der Waals surface area contributed by atoms with Crippen molar-refractivity contribution >= 4 is 51.0 Å². The Hall–Kier alpha value is -2.38. The molecule has 0 saturated carbocycles. The van der Waals surface area contributed by atoms with Crippen LogP contribution in [0.4, 0.5) is 13.2 Å². The molecule has 1 amide bonds. The lowest BCUT2D eigenvalue weighted by Gasteiger charge is -2.07. The number of alkyl halides is 3. The maximum atomic E-state index is 12.3. The third kappa shape index (κ3) is 9.83. The molecule has 2 aromatic rings. The predicted octanol–water partition coefficient (Wildman–Crippen LogP) is 4.05. The van der Waals surface area contributed by atoms with E-state index in [1.807, 2.05) is 19.1 Å². The summed E-state index contributed by atoms with van der Waals surface area (Å²) >= 11 is 6.00. The summed E-state index contributed by atoms with van der Waals surface area (Å²) in [6, 6.07) is 7.27. The Morgan fingerprint density at radius 3 is 2.38 bits per heavy atom. The van der Waals surface area contributed by atoms with Gasteiger partial charge >= 0.3 is 18.1 Å². The summed E-state index contributed by atoms with van der Waals surface area (Å²) in [7, 11) is 3.03. The van der Waals surface area contributed by atoms with E-state index in [4.69, 9.17) is 26.6 Å². The summed E-state index contributed by atoms with van der Waals surface area (Å²) in [5.41, 5.74) is 2.06. The Labute approximate surface area is 193 Å². The maximum Gasteiger partial charge on any atom is 0.490 e. The second-order valence-corrected chi connectivity index (χ2v) is 9.02. The van der Waals surface area contributed by atoms with Crippen LogP contribution in [0.2, 0.25) is 5.02 Å². The molecule has 2 rings (SSSR count). The highest BCUT2D eigenvalue weighted by molar-refractivity contribution is 8.76. The van der Waals surface area contributed by atoms with Crippen molar-refractivity contribution < 1.29 is 37.8 Å². The van der Waals surface area contributed by atoms with Crippen LogP contribution in [0.1, 0.15) is 22.5 Å². The smallest absolute Gasteiger partial charge is 0.481 e. The number of carbonyl (C=O) groups excluding carboxylic acids is 1. The number of hydrogen-bond acceptors (Lipinski definition) is 6. The molecule has 0 aliphatic heterocycles. The first-order valence-electron chi connectivity index (χ1n) is 8.78. The number of nitrogens with one attached hydrogen (secondary N) is 1. The molecular formula is C18H19ClF3N3O5S2. The van der Waals surface area contributed by atoms with Crippen LogP contribution in [0.5, 0.6) is 0 Å². The number of aliphatic carboxylic acids is 2. The zero-order valence-corrected chi connectivity index (χ0v) is 18.9. The number of benzene rings is 1. The van der Waals surface area contributed by atoms with E-state index >= 15 is 0 Å². The van der Waals surface area contributed by atoms with E-state index in [2.05, 4.69) is 10.4 Å². The number of rotatable bonds is 9. The largest absolute Gasteiger partial charge is 0.490 e. The molecule has 0 radical (unpaired) electrons. The summed E-state index contributed by atoms with van der Waals surface area (Å²) in [6.45, 7) is 2.34. The molecule has 1 aromatic carbocycles. The van der Waals surface area contributed by atoms with E-state index in [0.29, 0.717) is 28.6 Å². The summed E-state index contributed by atoms with van der Waals surface area (Å²) in [5, 5.41) is 23.4. The van der Waals surface area contributed by atoms with E-state index < -0.39 is 18.1 Å². The standard InChI is InChI=1S/C16H18ClN3O3S2.C2HF3O2/c1-11-14(10-19-20(11)13-4-2-3-12(17)9-13)16(23)18-6-8-25-24-7-5-15(21)22;3-2(4,5)1(6)7/h2-4,9-10H,5-8H2,1H3,(H,18,23)(H,21,22);(H,6,7). The molecule has 0 fully saturated rings. The van der Waals surface area contributed by atoms with E-state index in [1.54, 1.807) is 33.8 Å². The number of amides is 1.